The predicted molar refractivity (Wildman–Crippen MR) is 67.2 cm³/mol. The third kappa shape index (κ3) is 3.10. The van der Waals surface area contributed by atoms with Crippen LogP contribution in [0.5, 0.6) is 0 Å². The van der Waals surface area contributed by atoms with E-state index in [1.54, 1.807) is 43.7 Å². The highest BCUT2D eigenvalue weighted by molar-refractivity contribution is 8.02. The Bertz CT molecular complexity index is 474. The second-order valence-corrected chi connectivity index (χ2v) is 6.52. The lowest BCUT2D eigenvalue weighted by Gasteiger charge is -2.09. The van der Waals surface area contributed by atoms with E-state index < -0.39 is 15.5 Å². The lowest BCUT2D eigenvalue weighted by Crippen LogP contribution is -2.25. The van der Waals surface area contributed by atoms with Gasteiger partial charge in [-0.25, -0.2) is 4.79 Å². The molecule has 0 fully saturated rings. The van der Waals surface area contributed by atoms with E-state index in [-0.39, 0.29) is 11.5 Å². The minimum Gasteiger partial charge on any atom is -0.462 e. The first-order chi connectivity index (χ1) is 7.46. The quantitative estimate of drug-likeness (QED) is 0.454. The average Bonchev–Trinajstić information content (AvgIpc) is 2.17. The first-order valence-electron chi connectivity index (χ1n) is 5.00. The molecule has 0 unspecified atom stereocenters. The summed E-state index contributed by atoms with van der Waals surface area (Å²) in [6, 6.07) is 8.98. The van der Waals surface area contributed by atoms with Crippen molar-refractivity contribution >= 4 is 20.4 Å². The van der Waals surface area contributed by atoms with Gasteiger partial charge in [-0.2, -0.15) is 0 Å². The molecule has 0 spiro atoms. The second kappa shape index (κ2) is 5.16. The van der Waals surface area contributed by atoms with Crippen LogP contribution in [0.25, 0.3) is 0 Å². The molecule has 0 amide bonds. The van der Waals surface area contributed by atoms with E-state index in [9.17, 15) is 9.00 Å². The van der Waals surface area contributed by atoms with E-state index >= 15 is 0 Å². The molecule has 0 aliphatic carbocycles. The fourth-order valence-electron chi connectivity index (χ4n) is 1.39. The van der Waals surface area contributed by atoms with Gasteiger partial charge in [-0.3, -0.25) is 4.21 Å². The van der Waals surface area contributed by atoms with Crippen molar-refractivity contribution < 1.29 is 13.7 Å². The smallest absolute Gasteiger partial charge is 0.346 e. The van der Waals surface area contributed by atoms with Crippen molar-refractivity contribution in [2.45, 2.75) is 6.92 Å². The summed E-state index contributed by atoms with van der Waals surface area (Å²) in [5, 5.41) is 0. The summed E-state index contributed by atoms with van der Waals surface area (Å²) in [5.74, 6) is -0.497. The Balaban J connectivity index is 3.31. The largest absolute Gasteiger partial charge is 0.462 e. The lowest BCUT2D eigenvalue weighted by atomic mass is 10.1. The Morgan fingerprint density at radius 1 is 1.25 bits per heavy atom. The summed E-state index contributed by atoms with van der Waals surface area (Å²) in [7, 11) is -2.35. The number of ether oxygens (including phenoxy) is 1. The van der Waals surface area contributed by atoms with E-state index in [4.69, 9.17) is 4.74 Å². The molecule has 88 valence electrons. The molecule has 0 heterocycles. The molecule has 1 aromatic rings. The van der Waals surface area contributed by atoms with Crippen molar-refractivity contribution in [3.8, 4) is 0 Å². The molecule has 0 bridgehead atoms. The first-order valence-corrected chi connectivity index (χ1v) is 7.38. The van der Waals surface area contributed by atoms with Gasteiger partial charge in [-0.05, 0) is 22.0 Å². The highest BCUT2D eigenvalue weighted by Crippen LogP contribution is 2.06. The maximum absolute atomic E-state index is 12.1. The molecule has 0 saturated heterocycles. The molecule has 0 radical (unpaired) electrons. The molecule has 0 aliphatic rings. The van der Waals surface area contributed by atoms with Gasteiger partial charge in [-0.1, -0.05) is 30.3 Å². The summed E-state index contributed by atoms with van der Waals surface area (Å²) in [4.78, 5) is 12.0. The third-order valence-corrected chi connectivity index (χ3v) is 3.37. The number of benzene rings is 1. The lowest BCUT2D eigenvalue weighted by molar-refractivity contribution is -0.134. The van der Waals surface area contributed by atoms with Gasteiger partial charge in [-0.15, -0.1) is 0 Å². The van der Waals surface area contributed by atoms with Crippen LogP contribution >= 0.6 is 0 Å². The zero-order valence-electron chi connectivity index (χ0n) is 9.73. The Labute approximate surface area is 96.4 Å². The van der Waals surface area contributed by atoms with E-state index in [2.05, 4.69) is 0 Å². The minimum absolute atomic E-state index is 0.259. The van der Waals surface area contributed by atoms with Crippen molar-refractivity contribution in [1.82, 2.24) is 0 Å². The molecule has 4 heteroatoms. The van der Waals surface area contributed by atoms with Crippen LogP contribution in [-0.2, 0) is 19.1 Å². The minimum atomic E-state index is -2.35. The Hall–Kier alpha value is -1.29. The maximum atomic E-state index is 12.1. The fraction of sp³-hybridized carbons (Fsp3) is 0.333. The normalized spacial score (nSPS) is 10.9. The highest BCUT2D eigenvalue weighted by Gasteiger charge is 2.18. The van der Waals surface area contributed by atoms with Gasteiger partial charge < -0.3 is 4.74 Å². The highest BCUT2D eigenvalue weighted by atomic mass is 32.2. The molecule has 16 heavy (non-hydrogen) atoms. The summed E-state index contributed by atoms with van der Waals surface area (Å²) < 4.78 is 17.0. The van der Waals surface area contributed by atoms with Gasteiger partial charge in [0, 0.05) is 12.5 Å². The zero-order valence-corrected chi connectivity index (χ0v) is 10.5. The molecule has 0 N–H and O–H groups in total. The summed E-state index contributed by atoms with van der Waals surface area (Å²) >= 11 is 0. The average molecular weight is 240 g/mol. The predicted octanol–water partition coefficient (Wildman–Crippen LogP) is 1.31. The molecule has 0 atom stereocenters. The first kappa shape index (κ1) is 12.8. The summed E-state index contributed by atoms with van der Waals surface area (Å²) in [6.07, 6.45) is 3.10. The van der Waals surface area contributed by atoms with Crippen molar-refractivity contribution in [2.75, 3.05) is 19.1 Å². The van der Waals surface area contributed by atoms with Gasteiger partial charge in [0.25, 0.3) is 0 Å². The van der Waals surface area contributed by atoms with Crippen LogP contribution in [0.3, 0.4) is 0 Å². The molecule has 0 aromatic heterocycles. The van der Waals surface area contributed by atoms with Crippen molar-refractivity contribution in [3.05, 3.63) is 35.9 Å². The van der Waals surface area contributed by atoms with Gasteiger partial charge >= 0.3 is 5.97 Å². The Morgan fingerprint density at radius 3 is 2.25 bits per heavy atom. The van der Waals surface area contributed by atoms with Crippen LogP contribution in [0, 0.1) is 0 Å². The van der Waals surface area contributed by atoms with E-state index in [1.165, 1.54) is 0 Å². The number of hydrogen-bond donors (Lipinski definition) is 0. The molecule has 1 aromatic carbocycles. The van der Waals surface area contributed by atoms with Crippen LogP contribution in [0.2, 0.25) is 0 Å². The fourth-order valence-corrected chi connectivity index (χ4v) is 2.55. The maximum Gasteiger partial charge on any atom is 0.346 e. The van der Waals surface area contributed by atoms with Crippen LogP contribution in [0.15, 0.2) is 30.3 Å². The Morgan fingerprint density at radius 2 is 1.81 bits per heavy atom. The number of carbonyl (C=O) groups is 1. The SMILES string of the molecule is CCOC(=O)C(c1ccccc1)=S(C)(C)=O. The van der Waals surface area contributed by atoms with Crippen LogP contribution < -0.4 is 0 Å². The number of carbonyl (C=O) groups excluding carboxylic acids is 1. The van der Waals surface area contributed by atoms with Crippen LogP contribution in [0.1, 0.15) is 12.5 Å². The second-order valence-electron chi connectivity index (χ2n) is 3.65. The van der Waals surface area contributed by atoms with Gasteiger partial charge in [0.2, 0.25) is 0 Å². The van der Waals surface area contributed by atoms with Crippen molar-refractivity contribution in [2.24, 2.45) is 0 Å². The molecule has 3 nitrogen and oxygen atoms in total. The number of rotatable bonds is 3. The number of hydrogen-bond acceptors (Lipinski definition) is 3. The van der Waals surface area contributed by atoms with Crippen LogP contribution in [0.4, 0.5) is 0 Å². The topological polar surface area (TPSA) is 43.4 Å². The summed E-state index contributed by atoms with van der Waals surface area (Å²) in [5.41, 5.74) is 0.663. The molecular weight excluding hydrogens is 224 g/mol. The molecule has 0 aliphatic heterocycles. The zero-order chi connectivity index (χ0) is 12.2. The van der Waals surface area contributed by atoms with Crippen LogP contribution in [-0.4, -0.2) is 34.2 Å². The molecular formula is C12H16O3S. The van der Waals surface area contributed by atoms with Gasteiger partial charge in [0.15, 0.2) is 0 Å². The van der Waals surface area contributed by atoms with Crippen molar-refractivity contribution in [1.29, 1.82) is 0 Å². The number of esters is 1. The standard InChI is InChI=1S/C12H16O3S/c1-4-15-12(13)11(16(2,3)14)10-8-6-5-7-9-10/h5-9H,4H2,1-3H3. The molecule has 0 saturated carbocycles. The van der Waals surface area contributed by atoms with Gasteiger partial charge in [0.1, 0.15) is 4.86 Å². The summed E-state index contributed by atoms with van der Waals surface area (Å²) in [6.45, 7) is 2.01. The monoisotopic (exact) mass is 240 g/mol. The van der Waals surface area contributed by atoms with Crippen molar-refractivity contribution in [3.63, 3.8) is 0 Å². The Kier molecular flexibility index (Phi) is 4.12. The van der Waals surface area contributed by atoms with E-state index in [1.807, 2.05) is 6.07 Å². The molecule has 1 rings (SSSR count). The third-order valence-electron chi connectivity index (χ3n) is 1.99. The van der Waals surface area contributed by atoms with Gasteiger partial charge in [0.05, 0.1) is 6.61 Å². The van der Waals surface area contributed by atoms with E-state index in [0.29, 0.717) is 5.56 Å². The van der Waals surface area contributed by atoms with E-state index in [0.717, 1.165) is 0 Å².